The Hall–Kier alpha value is -1.79. The van der Waals surface area contributed by atoms with Crippen molar-refractivity contribution in [1.29, 1.82) is 0 Å². The van der Waals surface area contributed by atoms with Crippen molar-refractivity contribution in [1.82, 2.24) is 10.2 Å². The molecular weight excluding hydrogens is 376 g/mol. The number of amides is 2. The average Bonchev–Trinajstić information content (AvgIpc) is 3.19. The van der Waals surface area contributed by atoms with Crippen molar-refractivity contribution in [3.8, 4) is 0 Å². The maximum Gasteiger partial charge on any atom is 0.253 e. The van der Waals surface area contributed by atoms with Crippen LogP contribution in [0.15, 0.2) is 18.2 Å². The molecule has 1 saturated heterocycles. The largest absolute Gasteiger partial charge is 0.371 e. The highest BCUT2D eigenvalue weighted by atomic mass is 35.5. The quantitative estimate of drug-likeness (QED) is 0.486. The zero-order valence-corrected chi connectivity index (χ0v) is 18.2. The molecule has 0 radical (unpaired) electrons. The van der Waals surface area contributed by atoms with Crippen LogP contribution in [0.1, 0.15) is 43.5 Å². The van der Waals surface area contributed by atoms with Crippen molar-refractivity contribution in [2.75, 3.05) is 56.4 Å². The highest BCUT2D eigenvalue weighted by Gasteiger charge is 2.27. The first-order valence-corrected chi connectivity index (χ1v) is 10.5. The van der Waals surface area contributed by atoms with Gasteiger partial charge in [-0.3, -0.25) is 9.59 Å². The van der Waals surface area contributed by atoms with Gasteiger partial charge in [0.05, 0.1) is 11.0 Å². The Morgan fingerprint density at radius 2 is 1.89 bits per heavy atom. The topological polar surface area (TPSA) is 64.7 Å². The van der Waals surface area contributed by atoms with E-state index < -0.39 is 5.41 Å². The summed E-state index contributed by atoms with van der Waals surface area (Å²) < 4.78 is 0. The third kappa shape index (κ3) is 6.11. The average molecular weight is 409 g/mol. The van der Waals surface area contributed by atoms with E-state index in [9.17, 15) is 9.59 Å². The number of hydrogen-bond acceptors (Lipinski definition) is 4. The second-order valence-electron chi connectivity index (χ2n) is 8.31. The van der Waals surface area contributed by atoms with Crippen molar-refractivity contribution in [2.24, 2.45) is 5.41 Å². The van der Waals surface area contributed by atoms with E-state index in [1.54, 1.807) is 19.9 Å². The lowest BCUT2D eigenvalue weighted by Gasteiger charge is -2.24. The number of carbonyl (C=O) groups excluding carboxylic acids is 2. The van der Waals surface area contributed by atoms with Gasteiger partial charge in [0.15, 0.2) is 0 Å². The number of alkyl halides is 1. The van der Waals surface area contributed by atoms with Crippen LogP contribution in [0.2, 0.25) is 0 Å². The highest BCUT2D eigenvalue weighted by molar-refractivity contribution is 6.20. The zero-order chi connectivity index (χ0) is 20.7. The van der Waals surface area contributed by atoms with E-state index in [-0.39, 0.29) is 17.7 Å². The molecule has 0 aromatic heterocycles. The lowest BCUT2D eigenvalue weighted by atomic mass is 9.95. The fraction of sp³-hybridized carbons (Fsp3) is 0.619. The van der Waals surface area contributed by atoms with E-state index in [2.05, 4.69) is 20.4 Å². The molecule has 1 aliphatic rings. The van der Waals surface area contributed by atoms with E-state index >= 15 is 0 Å². The van der Waals surface area contributed by atoms with Gasteiger partial charge in [0.25, 0.3) is 5.91 Å². The Morgan fingerprint density at radius 3 is 2.50 bits per heavy atom. The fourth-order valence-corrected chi connectivity index (χ4v) is 3.20. The summed E-state index contributed by atoms with van der Waals surface area (Å²) in [7, 11) is 4.03. The molecule has 156 valence electrons. The van der Waals surface area contributed by atoms with Crippen LogP contribution in [0.5, 0.6) is 0 Å². The summed E-state index contributed by atoms with van der Waals surface area (Å²) in [6.07, 6.45) is 3.15. The Kier molecular flexibility index (Phi) is 8.13. The maximum absolute atomic E-state index is 12.9. The molecule has 1 heterocycles. The van der Waals surface area contributed by atoms with Crippen LogP contribution in [0.4, 0.5) is 11.4 Å². The van der Waals surface area contributed by atoms with Crippen LogP contribution in [-0.4, -0.2) is 62.9 Å². The van der Waals surface area contributed by atoms with Crippen molar-refractivity contribution >= 4 is 34.8 Å². The third-order valence-corrected chi connectivity index (χ3v) is 5.63. The first kappa shape index (κ1) is 22.5. The zero-order valence-electron chi connectivity index (χ0n) is 17.5. The van der Waals surface area contributed by atoms with Crippen LogP contribution in [0, 0.1) is 5.41 Å². The lowest BCUT2D eigenvalue weighted by Crippen LogP contribution is -2.33. The molecule has 0 saturated carbocycles. The molecule has 0 aliphatic carbocycles. The minimum Gasteiger partial charge on any atom is -0.371 e. The summed E-state index contributed by atoms with van der Waals surface area (Å²) >= 11 is 5.91. The molecule has 0 atom stereocenters. The minimum atomic E-state index is -0.677. The molecule has 2 rings (SSSR count). The molecule has 1 fully saturated rings. The van der Waals surface area contributed by atoms with Gasteiger partial charge in [-0.1, -0.05) is 0 Å². The molecule has 28 heavy (non-hydrogen) atoms. The maximum atomic E-state index is 12.9. The summed E-state index contributed by atoms with van der Waals surface area (Å²) in [6, 6.07) is 5.57. The highest BCUT2D eigenvalue weighted by Crippen LogP contribution is 2.28. The number of halogens is 1. The summed E-state index contributed by atoms with van der Waals surface area (Å²) in [6.45, 7) is 7.03. The van der Waals surface area contributed by atoms with Crippen LogP contribution in [0.3, 0.4) is 0 Å². The first-order chi connectivity index (χ1) is 13.2. The number of carbonyl (C=O) groups is 2. The van der Waals surface area contributed by atoms with Crippen molar-refractivity contribution < 1.29 is 9.59 Å². The van der Waals surface area contributed by atoms with Gasteiger partial charge in [0, 0.05) is 36.9 Å². The predicted molar refractivity (Wildman–Crippen MR) is 117 cm³/mol. The van der Waals surface area contributed by atoms with Gasteiger partial charge in [0.2, 0.25) is 5.91 Å². The van der Waals surface area contributed by atoms with Crippen LogP contribution >= 0.6 is 11.6 Å². The van der Waals surface area contributed by atoms with E-state index in [0.29, 0.717) is 17.8 Å². The second kappa shape index (κ2) is 10.1. The standard InChI is InChI=1S/C21H33ClN4O2/c1-21(2,15-22)20(28)24-16-8-9-18(26-12-5-6-13-26)17(14-16)19(27)23-10-7-11-25(3)4/h8-9,14H,5-7,10-13,15H2,1-4H3,(H,23,27)(H,24,28). The van der Waals surface area contributed by atoms with Gasteiger partial charge in [-0.25, -0.2) is 0 Å². The molecule has 7 heteroatoms. The van der Waals surface area contributed by atoms with E-state index in [1.165, 1.54) is 0 Å². The number of anilines is 2. The number of benzene rings is 1. The molecule has 1 aliphatic heterocycles. The van der Waals surface area contributed by atoms with Crippen molar-refractivity contribution in [3.63, 3.8) is 0 Å². The molecule has 6 nitrogen and oxygen atoms in total. The Labute approximate surface area is 173 Å². The van der Waals surface area contributed by atoms with Crippen molar-refractivity contribution in [2.45, 2.75) is 33.1 Å². The second-order valence-corrected chi connectivity index (χ2v) is 8.58. The number of nitrogens with zero attached hydrogens (tertiary/aromatic N) is 2. The monoisotopic (exact) mass is 408 g/mol. The predicted octanol–water partition coefficient (Wildman–Crippen LogP) is 3.17. The van der Waals surface area contributed by atoms with Gasteiger partial charge < -0.3 is 20.4 Å². The molecule has 1 aromatic rings. The Morgan fingerprint density at radius 1 is 1.21 bits per heavy atom. The number of rotatable bonds is 9. The third-order valence-electron chi connectivity index (χ3n) is 4.96. The van der Waals surface area contributed by atoms with Gasteiger partial charge in [0.1, 0.15) is 0 Å². The molecular formula is C21H33ClN4O2. The van der Waals surface area contributed by atoms with Gasteiger partial charge in [-0.05, 0) is 71.9 Å². The molecule has 2 amide bonds. The smallest absolute Gasteiger partial charge is 0.253 e. The molecule has 0 unspecified atom stereocenters. The normalized spacial score (nSPS) is 14.4. The molecule has 0 bridgehead atoms. The Bertz CT molecular complexity index is 685. The van der Waals surface area contributed by atoms with Crippen LogP contribution in [-0.2, 0) is 4.79 Å². The van der Waals surface area contributed by atoms with Gasteiger partial charge >= 0.3 is 0 Å². The first-order valence-electron chi connectivity index (χ1n) is 9.94. The van der Waals surface area contributed by atoms with Crippen LogP contribution < -0.4 is 15.5 Å². The Balaban J connectivity index is 2.18. The summed E-state index contributed by atoms with van der Waals surface area (Å²) in [5, 5.41) is 5.91. The number of hydrogen-bond donors (Lipinski definition) is 2. The van der Waals surface area contributed by atoms with E-state index in [4.69, 9.17) is 11.6 Å². The SMILES string of the molecule is CN(C)CCCNC(=O)c1cc(NC(=O)C(C)(C)CCl)ccc1N1CCCC1. The minimum absolute atomic E-state index is 0.103. The molecule has 0 spiro atoms. The summed E-state index contributed by atoms with van der Waals surface area (Å²) in [4.78, 5) is 29.7. The summed E-state index contributed by atoms with van der Waals surface area (Å²) in [5.41, 5.74) is 1.47. The fourth-order valence-electron chi connectivity index (χ4n) is 3.08. The van der Waals surface area contributed by atoms with E-state index in [0.717, 1.165) is 44.6 Å². The van der Waals surface area contributed by atoms with Crippen molar-refractivity contribution in [3.05, 3.63) is 23.8 Å². The van der Waals surface area contributed by atoms with Gasteiger partial charge in [-0.15, -0.1) is 11.6 Å². The molecule has 1 aromatic carbocycles. The lowest BCUT2D eigenvalue weighted by molar-refractivity contribution is -0.122. The number of nitrogens with one attached hydrogen (secondary N) is 2. The van der Waals surface area contributed by atoms with E-state index in [1.807, 2.05) is 26.2 Å². The van der Waals surface area contributed by atoms with Crippen LogP contribution in [0.25, 0.3) is 0 Å². The van der Waals surface area contributed by atoms with Gasteiger partial charge in [-0.2, -0.15) is 0 Å². The molecule has 2 N–H and O–H groups in total. The summed E-state index contributed by atoms with van der Waals surface area (Å²) in [5.74, 6) is -0.0358.